The number of fused-ring (bicyclic) bond motifs is 1. The van der Waals surface area contributed by atoms with Gasteiger partial charge in [-0.05, 0) is 22.4 Å². The molecule has 2 rings (SSSR count). The fourth-order valence-corrected chi connectivity index (χ4v) is 4.50. The summed E-state index contributed by atoms with van der Waals surface area (Å²) in [4.78, 5) is 23.6. The highest BCUT2D eigenvalue weighted by molar-refractivity contribution is 7.99. The van der Waals surface area contributed by atoms with Crippen LogP contribution in [0.25, 0.3) is 10.8 Å². The molecule has 0 saturated carbocycles. The van der Waals surface area contributed by atoms with E-state index in [9.17, 15) is 9.59 Å². The smallest absolute Gasteiger partial charge is 0.302 e. The highest BCUT2D eigenvalue weighted by Gasteiger charge is 2.16. The van der Waals surface area contributed by atoms with E-state index in [0.717, 1.165) is 21.7 Å². The maximum absolute atomic E-state index is 12.5. The van der Waals surface area contributed by atoms with Crippen molar-refractivity contribution in [3.8, 4) is 0 Å². The van der Waals surface area contributed by atoms with Gasteiger partial charge in [0.1, 0.15) is 6.61 Å². The fraction of sp³-hybridized carbons (Fsp3) is 0.333. The lowest BCUT2D eigenvalue weighted by Crippen LogP contribution is -2.28. The lowest BCUT2D eigenvalue weighted by Gasteiger charge is -2.15. The van der Waals surface area contributed by atoms with Gasteiger partial charge in [-0.2, -0.15) is 0 Å². The van der Waals surface area contributed by atoms with Crippen LogP contribution < -0.4 is 4.72 Å². The number of amides is 1. The highest BCUT2D eigenvalue weighted by atomic mass is 32.2. The van der Waals surface area contributed by atoms with E-state index in [0.29, 0.717) is 5.56 Å². The molecule has 0 bridgehead atoms. The summed E-state index contributed by atoms with van der Waals surface area (Å²) in [6.45, 7) is 8.41. The lowest BCUT2D eigenvalue weighted by molar-refractivity contribution is -0.142. The molecule has 4 nitrogen and oxygen atoms in total. The minimum atomic E-state index is -1.21. The Hall–Kier alpha value is -1.79. The summed E-state index contributed by atoms with van der Waals surface area (Å²) in [6, 6.07) is 11.3. The molecule has 2 aromatic carbocycles. The molecule has 0 saturated heterocycles. The third-order valence-electron chi connectivity index (χ3n) is 3.36. The van der Waals surface area contributed by atoms with Crippen LogP contribution in [0.3, 0.4) is 0 Å². The molecule has 0 atom stereocenters. The molecule has 0 spiro atoms. The van der Waals surface area contributed by atoms with Gasteiger partial charge in [0.2, 0.25) is 0 Å². The summed E-state index contributed by atoms with van der Waals surface area (Å²) < 4.78 is 8.04. The lowest BCUT2D eigenvalue weighted by atomic mass is 9.99. The van der Waals surface area contributed by atoms with Gasteiger partial charge in [0.15, 0.2) is 0 Å². The van der Waals surface area contributed by atoms with Gasteiger partial charge >= 0.3 is 5.97 Å². The molecule has 0 aliphatic heterocycles. The van der Waals surface area contributed by atoms with Crippen LogP contribution in [0.2, 0.25) is 19.6 Å². The number of ether oxygens (including phenoxy) is 1. The number of carbonyl (C=O) groups is 2. The van der Waals surface area contributed by atoms with Crippen LogP contribution in [0, 0.1) is 0 Å². The minimum absolute atomic E-state index is 0.0894. The molecule has 128 valence electrons. The second-order valence-corrected chi connectivity index (χ2v) is 13.6. The molecular weight excluding hydrogens is 338 g/mol. The van der Waals surface area contributed by atoms with Gasteiger partial charge in [0.05, 0.1) is 8.07 Å². The van der Waals surface area contributed by atoms with Gasteiger partial charge in [-0.15, -0.1) is 0 Å². The Morgan fingerprint density at radius 2 is 1.75 bits per heavy atom. The maximum Gasteiger partial charge on any atom is 0.302 e. The second kappa shape index (κ2) is 7.85. The van der Waals surface area contributed by atoms with Crippen LogP contribution in [0.15, 0.2) is 36.4 Å². The number of rotatable bonds is 6. The van der Waals surface area contributed by atoms with E-state index in [-0.39, 0.29) is 18.5 Å². The van der Waals surface area contributed by atoms with Crippen molar-refractivity contribution in [1.29, 1.82) is 0 Å². The third-order valence-corrected chi connectivity index (χ3v) is 7.73. The molecule has 0 unspecified atom stereocenters. The van der Waals surface area contributed by atoms with E-state index in [1.807, 2.05) is 30.3 Å². The Kier molecular flexibility index (Phi) is 6.07. The summed E-state index contributed by atoms with van der Waals surface area (Å²) >= 11 is 1.48. The quantitative estimate of drug-likeness (QED) is 0.477. The third kappa shape index (κ3) is 5.11. The van der Waals surface area contributed by atoms with Crippen molar-refractivity contribution in [2.75, 3.05) is 5.38 Å². The van der Waals surface area contributed by atoms with Gasteiger partial charge in [-0.25, -0.2) is 0 Å². The van der Waals surface area contributed by atoms with Crippen molar-refractivity contribution in [1.82, 2.24) is 4.72 Å². The zero-order valence-electron chi connectivity index (χ0n) is 14.5. The zero-order chi connectivity index (χ0) is 17.7. The summed E-state index contributed by atoms with van der Waals surface area (Å²) in [5, 5.41) is 2.77. The maximum atomic E-state index is 12.5. The number of esters is 1. The van der Waals surface area contributed by atoms with Crippen molar-refractivity contribution in [3.63, 3.8) is 0 Å². The normalized spacial score (nSPS) is 11.3. The van der Waals surface area contributed by atoms with E-state index in [2.05, 4.69) is 24.4 Å². The van der Waals surface area contributed by atoms with Crippen LogP contribution in [-0.4, -0.2) is 25.3 Å². The van der Waals surface area contributed by atoms with Crippen molar-refractivity contribution in [3.05, 3.63) is 47.5 Å². The summed E-state index contributed by atoms with van der Waals surface area (Å²) in [7, 11) is -1.21. The Balaban J connectivity index is 2.23. The number of carbonyl (C=O) groups excluding carboxylic acids is 2. The summed E-state index contributed by atoms with van der Waals surface area (Å²) in [5.41, 5.74) is 1.53. The predicted molar refractivity (Wildman–Crippen MR) is 103 cm³/mol. The van der Waals surface area contributed by atoms with Gasteiger partial charge in [-0.1, -0.05) is 61.9 Å². The van der Waals surface area contributed by atoms with Crippen molar-refractivity contribution >= 4 is 42.7 Å². The van der Waals surface area contributed by atoms with Crippen LogP contribution in [-0.2, 0) is 16.1 Å². The van der Waals surface area contributed by atoms with Crippen molar-refractivity contribution < 1.29 is 14.3 Å². The number of hydrogen-bond donors (Lipinski definition) is 1. The molecule has 0 aliphatic carbocycles. The zero-order valence-corrected chi connectivity index (χ0v) is 16.3. The van der Waals surface area contributed by atoms with Crippen LogP contribution in [0.5, 0.6) is 0 Å². The molecule has 24 heavy (non-hydrogen) atoms. The summed E-state index contributed by atoms with van der Waals surface area (Å²) in [6.07, 6.45) is 0. The van der Waals surface area contributed by atoms with E-state index >= 15 is 0 Å². The number of benzene rings is 2. The first-order valence-electron chi connectivity index (χ1n) is 7.84. The average Bonchev–Trinajstić information content (AvgIpc) is 2.51. The van der Waals surface area contributed by atoms with Crippen molar-refractivity contribution in [2.45, 2.75) is 33.2 Å². The molecule has 6 heteroatoms. The molecule has 0 heterocycles. The highest BCUT2D eigenvalue weighted by Crippen LogP contribution is 2.24. The Labute approximate surface area is 148 Å². The molecule has 2 aromatic rings. The monoisotopic (exact) mass is 361 g/mol. The first-order valence-corrected chi connectivity index (χ1v) is 12.5. The van der Waals surface area contributed by atoms with Crippen LogP contribution in [0.1, 0.15) is 22.8 Å². The van der Waals surface area contributed by atoms with Crippen molar-refractivity contribution in [2.24, 2.45) is 0 Å². The Morgan fingerprint density at radius 1 is 1.08 bits per heavy atom. The van der Waals surface area contributed by atoms with Gasteiger partial charge in [-0.3, -0.25) is 14.3 Å². The van der Waals surface area contributed by atoms with E-state index in [1.54, 1.807) is 6.07 Å². The molecule has 1 amide bonds. The Bertz CT molecular complexity index is 756. The topological polar surface area (TPSA) is 55.4 Å². The predicted octanol–water partition coefficient (Wildman–Crippen LogP) is 4.16. The first-order chi connectivity index (χ1) is 11.3. The number of hydrogen-bond acceptors (Lipinski definition) is 4. The molecule has 0 aliphatic rings. The molecular formula is C18H23NO3SSi. The van der Waals surface area contributed by atoms with Crippen LogP contribution >= 0.6 is 11.9 Å². The molecule has 0 aromatic heterocycles. The number of nitrogens with one attached hydrogen (secondary N) is 1. The van der Waals surface area contributed by atoms with Gasteiger partial charge in [0, 0.05) is 17.9 Å². The van der Waals surface area contributed by atoms with Gasteiger partial charge < -0.3 is 4.74 Å². The molecule has 1 N–H and O–H groups in total. The first kappa shape index (κ1) is 18.5. The largest absolute Gasteiger partial charge is 0.461 e. The van der Waals surface area contributed by atoms with E-state index in [4.69, 9.17) is 4.74 Å². The summed E-state index contributed by atoms with van der Waals surface area (Å²) in [5.74, 6) is -0.405. The van der Waals surface area contributed by atoms with Crippen LogP contribution in [0.4, 0.5) is 0 Å². The Morgan fingerprint density at radius 3 is 2.38 bits per heavy atom. The van der Waals surface area contributed by atoms with E-state index in [1.165, 1.54) is 18.9 Å². The molecule has 0 fully saturated rings. The van der Waals surface area contributed by atoms with Gasteiger partial charge in [0.25, 0.3) is 5.91 Å². The standard InChI is InChI=1S/C18H23NO3SSi/c1-13(20)22-11-14-9-10-17(16-8-6-5-7-15(14)16)18(21)19-23-12-24(2,3)4/h5-10H,11-12H2,1-4H3,(H,19,21). The second-order valence-electron chi connectivity index (χ2n) is 6.88. The van der Waals surface area contributed by atoms with E-state index < -0.39 is 8.07 Å². The molecule has 0 radical (unpaired) electrons. The average molecular weight is 362 g/mol. The minimum Gasteiger partial charge on any atom is -0.461 e. The fourth-order valence-electron chi connectivity index (χ4n) is 2.24. The SMILES string of the molecule is CC(=O)OCc1ccc(C(=O)NSC[Si](C)(C)C)c2ccccc12.